The van der Waals surface area contributed by atoms with Gasteiger partial charge in [0.2, 0.25) is 5.91 Å². The van der Waals surface area contributed by atoms with E-state index in [9.17, 15) is 9.59 Å². The van der Waals surface area contributed by atoms with Gasteiger partial charge in [0.05, 0.1) is 7.11 Å². The number of carbonyl (C=O) groups is 2. The largest absolute Gasteiger partial charge is 0.464 e. The highest BCUT2D eigenvalue weighted by Crippen LogP contribution is 2.36. The van der Waals surface area contributed by atoms with Crippen LogP contribution >= 0.6 is 11.3 Å². The molecule has 1 aliphatic rings. The summed E-state index contributed by atoms with van der Waals surface area (Å²) < 4.78 is 10.6. The predicted octanol–water partition coefficient (Wildman–Crippen LogP) is 3.25. The number of aromatic nitrogens is 1. The number of ether oxygens (including phenoxy) is 2. The van der Waals surface area contributed by atoms with Crippen molar-refractivity contribution in [2.45, 2.75) is 53.2 Å². The van der Waals surface area contributed by atoms with Crippen molar-refractivity contribution in [2.75, 3.05) is 13.8 Å². The van der Waals surface area contributed by atoms with Crippen molar-refractivity contribution in [1.82, 2.24) is 9.88 Å². The molecule has 0 bridgehead atoms. The summed E-state index contributed by atoms with van der Waals surface area (Å²) in [6, 6.07) is 0.0842. The molecular weight excluding hydrogens is 328 g/mol. The Labute approximate surface area is 147 Å². The van der Waals surface area contributed by atoms with Gasteiger partial charge in [0.15, 0.2) is 5.69 Å². The summed E-state index contributed by atoms with van der Waals surface area (Å²) in [5.41, 5.74) is -0.141. The smallest absolute Gasteiger partial charge is 0.357 e. The average molecular weight is 354 g/mol. The van der Waals surface area contributed by atoms with Crippen molar-refractivity contribution >= 4 is 23.2 Å². The highest BCUT2D eigenvalue weighted by atomic mass is 32.1. The van der Waals surface area contributed by atoms with Crippen LogP contribution in [0.3, 0.4) is 0 Å². The average Bonchev–Trinajstić information content (AvgIpc) is 3.01. The lowest BCUT2D eigenvalue weighted by Gasteiger charge is -2.43. The Morgan fingerprint density at radius 2 is 2.08 bits per heavy atom. The Bertz CT molecular complexity index is 606. The van der Waals surface area contributed by atoms with Gasteiger partial charge in [0, 0.05) is 23.3 Å². The number of methoxy groups -OCH3 is 1. The Kier molecular flexibility index (Phi) is 5.65. The number of nitrogens with zero attached hydrogens (tertiary/aromatic N) is 2. The third kappa shape index (κ3) is 3.95. The predicted molar refractivity (Wildman–Crippen MR) is 91.7 cm³/mol. The number of hydrogen-bond acceptors (Lipinski definition) is 6. The second-order valence-electron chi connectivity index (χ2n) is 7.42. The molecule has 6 nitrogen and oxygen atoms in total. The molecule has 1 aromatic heterocycles. The Morgan fingerprint density at radius 1 is 1.42 bits per heavy atom. The molecule has 0 N–H and O–H groups in total. The lowest BCUT2D eigenvalue weighted by atomic mass is 9.89. The molecule has 7 heteroatoms. The molecule has 1 amide bonds. The Morgan fingerprint density at radius 3 is 2.62 bits per heavy atom. The van der Waals surface area contributed by atoms with Gasteiger partial charge in [-0.15, -0.1) is 11.3 Å². The maximum atomic E-state index is 12.7. The fraction of sp³-hybridized carbons (Fsp3) is 0.706. The van der Waals surface area contributed by atoms with E-state index in [1.807, 2.05) is 25.7 Å². The molecule has 2 heterocycles. The minimum Gasteiger partial charge on any atom is -0.464 e. The number of carbonyl (C=O) groups excluding carboxylic acids is 2. The third-order valence-electron chi connectivity index (χ3n) is 4.13. The molecule has 134 valence electrons. The van der Waals surface area contributed by atoms with Crippen molar-refractivity contribution in [3.8, 4) is 0 Å². The van der Waals surface area contributed by atoms with Gasteiger partial charge < -0.3 is 14.4 Å². The maximum Gasteiger partial charge on any atom is 0.357 e. The van der Waals surface area contributed by atoms with E-state index in [0.29, 0.717) is 18.0 Å². The summed E-state index contributed by atoms with van der Waals surface area (Å²) in [6.45, 7) is 10.2. The lowest BCUT2D eigenvalue weighted by molar-refractivity contribution is -0.166. The van der Waals surface area contributed by atoms with Crippen molar-refractivity contribution in [3.63, 3.8) is 0 Å². The number of esters is 1. The van der Waals surface area contributed by atoms with Crippen molar-refractivity contribution in [3.05, 3.63) is 16.1 Å². The first-order valence-corrected chi connectivity index (χ1v) is 8.99. The molecule has 0 aliphatic carbocycles. The molecule has 2 atom stereocenters. The number of rotatable bonds is 3. The van der Waals surface area contributed by atoms with Crippen LogP contribution in [-0.4, -0.2) is 41.6 Å². The normalized spacial score (nSPS) is 21.9. The van der Waals surface area contributed by atoms with Crippen LogP contribution in [0, 0.1) is 11.3 Å². The topological polar surface area (TPSA) is 68.7 Å². The van der Waals surface area contributed by atoms with Crippen molar-refractivity contribution in [1.29, 1.82) is 0 Å². The van der Waals surface area contributed by atoms with E-state index in [1.165, 1.54) is 18.4 Å². The minimum absolute atomic E-state index is 0.0842. The van der Waals surface area contributed by atoms with Gasteiger partial charge in [-0.3, -0.25) is 4.79 Å². The second-order valence-corrected chi connectivity index (χ2v) is 8.31. The van der Waals surface area contributed by atoms with Crippen LogP contribution in [0.25, 0.3) is 0 Å². The lowest BCUT2D eigenvalue weighted by Crippen LogP contribution is -2.52. The summed E-state index contributed by atoms with van der Waals surface area (Å²) in [6.07, 6.45) is 0.470. The minimum atomic E-state index is -0.446. The van der Waals surface area contributed by atoms with Gasteiger partial charge in [-0.05, 0) is 5.92 Å². The number of hydrogen-bond donors (Lipinski definition) is 0. The molecule has 24 heavy (non-hydrogen) atoms. The van der Waals surface area contributed by atoms with Gasteiger partial charge in [0.25, 0.3) is 0 Å². The van der Waals surface area contributed by atoms with Gasteiger partial charge in [-0.2, -0.15) is 0 Å². The Hall–Kier alpha value is -1.47. The summed E-state index contributed by atoms with van der Waals surface area (Å²) >= 11 is 1.39. The molecule has 0 aromatic carbocycles. The summed E-state index contributed by atoms with van der Waals surface area (Å²) in [5, 5.41) is 2.44. The molecule has 1 fully saturated rings. The van der Waals surface area contributed by atoms with Gasteiger partial charge in [0.1, 0.15) is 17.8 Å². The van der Waals surface area contributed by atoms with Gasteiger partial charge in [-0.1, -0.05) is 34.6 Å². The van der Waals surface area contributed by atoms with E-state index < -0.39 is 11.4 Å². The zero-order chi connectivity index (χ0) is 18.1. The number of thiazole rings is 1. The first-order valence-electron chi connectivity index (χ1n) is 8.11. The molecule has 2 rings (SSSR count). The summed E-state index contributed by atoms with van der Waals surface area (Å²) in [7, 11) is 1.34. The van der Waals surface area contributed by atoms with Gasteiger partial charge >= 0.3 is 5.97 Å². The molecule has 1 saturated heterocycles. The zero-order valence-corrected chi connectivity index (χ0v) is 16.0. The zero-order valence-electron chi connectivity index (χ0n) is 15.2. The van der Waals surface area contributed by atoms with Crippen LogP contribution in [0.5, 0.6) is 0 Å². The van der Waals surface area contributed by atoms with Crippen LogP contribution in [-0.2, 0) is 14.3 Å². The van der Waals surface area contributed by atoms with Crippen molar-refractivity contribution < 1.29 is 19.1 Å². The maximum absolute atomic E-state index is 12.7. The van der Waals surface area contributed by atoms with Crippen molar-refractivity contribution in [2.24, 2.45) is 11.3 Å². The Balaban J connectivity index is 2.17. The first kappa shape index (κ1) is 18.9. The van der Waals surface area contributed by atoms with E-state index in [-0.39, 0.29) is 24.8 Å². The fourth-order valence-corrected chi connectivity index (χ4v) is 3.61. The molecule has 0 radical (unpaired) electrons. The molecule has 1 aromatic rings. The summed E-state index contributed by atoms with van der Waals surface area (Å²) in [4.78, 5) is 30.4. The molecular formula is C17H26N2O4S. The molecule has 1 aliphatic heterocycles. The number of amides is 1. The summed E-state index contributed by atoms with van der Waals surface area (Å²) in [5.74, 6) is -0.0463. The highest BCUT2D eigenvalue weighted by molar-refractivity contribution is 7.09. The monoisotopic (exact) mass is 354 g/mol. The van der Waals surface area contributed by atoms with E-state index >= 15 is 0 Å². The highest BCUT2D eigenvalue weighted by Gasteiger charge is 2.39. The van der Waals surface area contributed by atoms with E-state index in [1.54, 1.807) is 5.38 Å². The standard InChI is InChI=1S/C17H26N2O4S/c1-10(2)12-7-13(14-18-11(8-24-14)15(20)22-6)23-9-19(12)16(21)17(3,4)5/h8,10,12-13H,7,9H2,1-6H3/t12-,13-/m1/s1. The molecule has 0 spiro atoms. The van der Waals surface area contributed by atoms with Crippen LogP contribution in [0.1, 0.15) is 62.6 Å². The van der Waals surface area contributed by atoms with Crippen LogP contribution in [0.2, 0.25) is 0 Å². The van der Waals surface area contributed by atoms with E-state index in [2.05, 4.69) is 18.8 Å². The second kappa shape index (κ2) is 7.19. The van der Waals surface area contributed by atoms with Crippen LogP contribution in [0.15, 0.2) is 5.38 Å². The van der Waals surface area contributed by atoms with E-state index in [4.69, 9.17) is 9.47 Å². The van der Waals surface area contributed by atoms with E-state index in [0.717, 1.165) is 5.01 Å². The third-order valence-corrected chi connectivity index (χ3v) is 5.07. The quantitative estimate of drug-likeness (QED) is 0.780. The van der Waals surface area contributed by atoms with Gasteiger partial charge in [-0.25, -0.2) is 9.78 Å². The van der Waals surface area contributed by atoms with Crippen LogP contribution < -0.4 is 0 Å². The van der Waals surface area contributed by atoms with Crippen LogP contribution in [0.4, 0.5) is 0 Å². The molecule has 0 saturated carbocycles. The SMILES string of the molecule is COC(=O)c1csc([C@H]2C[C@H](C(C)C)N(C(=O)C(C)(C)C)CO2)n1. The fourth-order valence-electron chi connectivity index (χ4n) is 2.76. The first-order chi connectivity index (χ1) is 11.1. The molecule has 0 unspecified atom stereocenters.